The van der Waals surface area contributed by atoms with Crippen LogP contribution in [0.1, 0.15) is 30.0 Å². The van der Waals surface area contributed by atoms with Crippen LogP contribution in [0, 0.1) is 12.8 Å². The van der Waals surface area contributed by atoms with Gasteiger partial charge in [0.05, 0.1) is 33.4 Å². The van der Waals surface area contributed by atoms with E-state index in [4.69, 9.17) is 4.42 Å². The Morgan fingerprint density at radius 1 is 1.17 bits per heavy atom. The number of halogens is 2. The fourth-order valence-electron chi connectivity index (χ4n) is 4.11. The lowest BCUT2D eigenvalue weighted by Crippen LogP contribution is -2.11. The molecular weight excluding hydrogens is 476 g/mol. The monoisotopic (exact) mass is 499 g/mol. The number of hydrogen-bond acceptors (Lipinski definition) is 7. The van der Waals surface area contributed by atoms with Gasteiger partial charge in [0.1, 0.15) is 23.0 Å². The minimum atomic E-state index is -3.68. The number of pyridine rings is 1. The second kappa shape index (κ2) is 8.67. The van der Waals surface area contributed by atoms with E-state index in [0.29, 0.717) is 34.2 Å². The quantitative estimate of drug-likeness (QED) is 0.456. The lowest BCUT2D eigenvalue weighted by Gasteiger charge is -2.15. The van der Waals surface area contributed by atoms with Gasteiger partial charge in [-0.3, -0.25) is 9.78 Å². The summed E-state index contributed by atoms with van der Waals surface area (Å²) in [6, 6.07) is 9.93. The average Bonchev–Trinajstić information content (AvgIpc) is 3.41. The molecule has 0 amide bonds. The molecule has 0 radical (unpaired) electrons. The van der Waals surface area contributed by atoms with Crippen LogP contribution in [-0.4, -0.2) is 37.6 Å². The van der Waals surface area contributed by atoms with Crippen molar-refractivity contribution in [1.29, 1.82) is 0 Å². The summed E-state index contributed by atoms with van der Waals surface area (Å²) in [5.74, 6) is 1.31. The van der Waals surface area contributed by atoms with Crippen LogP contribution in [0.4, 0.5) is 25.8 Å². The largest absolute Gasteiger partial charge is 0.461 e. The number of anilines is 2. The molecule has 182 valence electrons. The number of carbonyl (C=O) groups excluding carboxylic acids is 1. The smallest absolute Gasteiger partial charge is 0.277 e. The molecule has 0 unspecified atom stereocenters. The number of aryl methyl sites for hydroxylation is 1. The normalized spacial score (nSPS) is 15.3. The molecule has 1 saturated carbocycles. The third-order valence-corrected chi connectivity index (χ3v) is 7.17. The van der Waals surface area contributed by atoms with E-state index in [0.717, 1.165) is 19.1 Å². The number of sulfone groups is 1. The molecule has 3 aromatic rings. The van der Waals surface area contributed by atoms with Crippen LogP contribution in [-0.2, 0) is 27.5 Å². The average molecular weight is 500 g/mol. The molecule has 1 fully saturated rings. The predicted octanol–water partition coefficient (Wildman–Crippen LogP) is 5.21. The first-order valence-corrected chi connectivity index (χ1v) is 13.1. The Balaban J connectivity index is 1.56. The highest BCUT2D eigenvalue weighted by molar-refractivity contribution is 7.90. The van der Waals surface area contributed by atoms with Crippen molar-refractivity contribution in [3.63, 3.8) is 0 Å². The molecule has 2 aromatic heterocycles. The van der Waals surface area contributed by atoms with Gasteiger partial charge in [0.15, 0.2) is 9.84 Å². The summed E-state index contributed by atoms with van der Waals surface area (Å²) in [6.45, 7) is 1.79. The van der Waals surface area contributed by atoms with Crippen molar-refractivity contribution in [2.75, 3.05) is 11.6 Å². The third-order valence-electron chi connectivity index (χ3n) is 6.04. The van der Waals surface area contributed by atoms with E-state index in [1.54, 1.807) is 37.3 Å². The Morgan fingerprint density at radius 3 is 2.57 bits per heavy atom. The first kappa shape index (κ1) is 23.3. The molecule has 3 heterocycles. The topological polar surface area (TPSA) is 102 Å². The van der Waals surface area contributed by atoms with Gasteiger partial charge in [-0.25, -0.2) is 22.2 Å². The van der Waals surface area contributed by atoms with Crippen LogP contribution < -0.4 is 5.32 Å². The van der Waals surface area contributed by atoms with Gasteiger partial charge in [0.2, 0.25) is 0 Å². The van der Waals surface area contributed by atoms with Gasteiger partial charge in [-0.2, -0.15) is 0 Å². The minimum Gasteiger partial charge on any atom is -0.461 e. The number of aromatic nitrogens is 1. The SMILES string of the molecule is Cc1ccc(-c2ccc(Nc3cc(CC(=O)C4CC4)nc4c3N=C(C(F)F)C4)c(S(C)(=O)=O)c2)o1. The van der Waals surface area contributed by atoms with Crippen LogP contribution in [0.5, 0.6) is 0 Å². The fraction of sp³-hybridized carbons (Fsp3) is 0.320. The molecule has 2 aliphatic rings. The highest BCUT2D eigenvalue weighted by Gasteiger charge is 2.31. The number of hydrogen-bond donors (Lipinski definition) is 1. The van der Waals surface area contributed by atoms with Crippen molar-refractivity contribution in [1.82, 2.24) is 4.98 Å². The second-order valence-corrected chi connectivity index (χ2v) is 11.0. The molecule has 0 atom stereocenters. The van der Waals surface area contributed by atoms with Crippen LogP contribution in [0.15, 0.2) is 50.7 Å². The standard InChI is InChI=1S/C25H23F2N3O4S/c1-13-3-8-22(34-13)15-6-7-17(23(9-15)35(2,32)33)29-18-10-16(11-21(31)14-4-5-14)28-19-12-20(25(26)27)30-24(18)19/h3,6-10,14,25H,4-5,11-12H2,1-2H3,(H,28,29). The Hall–Kier alpha value is -3.40. The molecule has 1 aliphatic heterocycles. The van der Waals surface area contributed by atoms with Crippen LogP contribution in [0.25, 0.3) is 11.3 Å². The van der Waals surface area contributed by atoms with Gasteiger partial charge in [-0.15, -0.1) is 0 Å². The molecule has 5 rings (SSSR count). The van der Waals surface area contributed by atoms with Gasteiger partial charge >= 0.3 is 0 Å². The lowest BCUT2D eigenvalue weighted by molar-refractivity contribution is -0.119. The third kappa shape index (κ3) is 4.88. The molecule has 35 heavy (non-hydrogen) atoms. The van der Waals surface area contributed by atoms with Crippen LogP contribution in [0.2, 0.25) is 0 Å². The number of rotatable bonds is 8. The maximum Gasteiger partial charge on any atom is 0.277 e. The first-order chi connectivity index (χ1) is 16.6. The zero-order valence-corrected chi connectivity index (χ0v) is 20.0. The second-order valence-electron chi connectivity index (χ2n) is 8.97. The number of nitrogens with one attached hydrogen (secondary N) is 1. The lowest BCUT2D eigenvalue weighted by atomic mass is 10.1. The van der Waals surface area contributed by atoms with Gasteiger partial charge < -0.3 is 9.73 Å². The Bertz CT molecular complexity index is 1470. The van der Waals surface area contributed by atoms with Crippen LogP contribution in [0.3, 0.4) is 0 Å². The van der Waals surface area contributed by atoms with Gasteiger partial charge in [-0.1, -0.05) is 0 Å². The number of aliphatic imine (C=N–C) groups is 1. The van der Waals surface area contributed by atoms with Crippen molar-refractivity contribution in [2.24, 2.45) is 10.9 Å². The summed E-state index contributed by atoms with van der Waals surface area (Å²) in [4.78, 5) is 20.9. The maximum atomic E-state index is 13.4. The van der Waals surface area contributed by atoms with Crippen molar-refractivity contribution >= 4 is 38.4 Å². The summed E-state index contributed by atoms with van der Waals surface area (Å²) in [5, 5.41) is 3.07. The molecular formula is C25H23F2N3O4S. The zero-order valence-electron chi connectivity index (χ0n) is 19.1. The summed E-state index contributed by atoms with van der Waals surface area (Å²) >= 11 is 0. The molecule has 0 spiro atoms. The van der Waals surface area contributed by atoms with Crippen molar-refractivity contribution < 1.29 is 26.4 Å². The Labute approximate surface area is 201 Å². The molecule has 7 nitrogen and oxygen atoms in total. The van der Waals surface area contributed by atoms with E-state index >= 15 is 0 Å². The number of furan rings is 1. The first-order valence-electron chi connectivity index (χ1n) is 11.2. The van der Waals surface area contributed by atoms with Gasteiger partial charge in [-0.05, 0) is 56.2 Å². The van der Waals surface area contributed by atoms with E-state index in [9.17, 15) is 22.0 Å². The van der Waals surface area contributed by atoms with E-state index in [1.807, 2.05) is 0 Å². The summed E-state index contributed by atoms with van der Waals surface area (Å²) in [6.07, 6.45) is 0.0275. The van der Waals surface area contributed by atoms with Gasteiger partial charge in [0.25, 0.3) is 6.43 Å². The van der Waals surface area contributed by atoms with Crippen molar-refractivity contribution in [2.45, 2.75) is 43.9 Å². The maximum absolute atomic E-state index is 13.4. The number of benzene rings is 1. The molecule has 1 N–H and O–H groups in total. The van der Waals surface area contributed by atoms with Crippen LogP contribution >= 0.6 is 0 Å². The van der Waals surface area contributed by atoms with Crippen molar-refractivity contribution in [3.8, 4) is 11.3 Å². The number of ketones is 1. The highest BCUT2D eigenvalue weighted by Crippen LogP contribution is 2.40. The molecule has 10 heteroatoms. The summed E-state index contributed by atoms with van der Waals surface area (Å²) in [5.41, 5.74) is 1.87. The molecule has 1 aliphatic carbocycles. The zero-order chi connectivity index (χ0) is 24.9. The summed E-state index contributed by atoms with van der Waals surface area (Å²) in [7, 11) is -3.68. The minimum absolute atomic E-state index is 0.0151. The van der Waals surface area contributed by atoms with E-state index in [1.165, 1.54) is 6.07 Å². The van der Waals surface area contributed by atoms with Gasteiger partial charge in [0, 0.05) is 30.6 Å². The van der Waals surface area contributed by atoms with E-state index in [-0.39, 0.29) is 46.5 Å². The molecule has 0 saturated heterocycles. The fourth-order valence-corrected chi connectivity index (χ4v) is 4.97. The van der Waals surface area contributed by atoms with Crippen molar-refractivity contribution in [3.05, 3.63) is 53.5 Å². The molecule has 0 bridgehead atoms. The number of alkyl halides is 2. The number of Topliss-reactive ketones (excluding diaryl/α,β-unsaturated/α-hetero) is 1. The number of carbonyl (C=O) groups is 1. The number of nitrogens with zero attached hydrogens (tertiary/aromatic N) is 2. The summed E-state index contributed by atoms with van der Waals surface area (Å²) < 4.78 is 57.7. The Morgan fingerprint density at radius 2 is 1.94 bits per heavy atom. The Kier molecular flexibility index (Phi) is 5.79. The van der Waals surface area contributed by atoms with E-state index in [2.05, 4.69) is 15.3 Å². The number of fused-ring (bicyclic) bond motifs is 1. The highest BCUT2D eigenvalue weighted by atomic mass is 32.2. The predicted molar refractivity (Wildman–Crippen MR) is 128 cm³/mol. The van der Waals surface area contributed by atoms with E-state index < -0.39 is 16.3 Å². The molecule has 1 aromatic carbocycles.